The first-order valence-electron chi connectivity index (χ1n) is 11.2. The van der Waals surface area contributed by atoms with Crippen LogP contribution in [-0.4, -0.2) is 36.3 Å². The average Bonchev–Trinajstić information content (AvgIpc) is 2.71. The summed E-state index contributed by atoms with van der Waals surface area (Å²) in [5, 5.41) is 10.9. The number of piperidine rings is 1. The molecule has 4 rings (SSSR count). The second-order valence-electron chi connectivity index (χ2n) is 10.2. The van der Waals surface area contributed by atoms with Crippen LogP contribution < -0.4 is 9.47 Å². The van der Waals surface area contributed by atoms with Gasteiger partial charge in [-0.25, -0.2) is 4.39 Å². The molecule has 2 aliphatic heterocycles. The van der Waals surface area contributed by atoms with E-state index in [1.165, 1.54) is 23.3 Å². The van der Waals surface area contributed by atoms with Crippen LogP contribution >= 0.6 is 0 Å². The molecule has 2 aromatic rings. The van der Waals surface area contributed by atoms with E-state index in [0.29, 0.717) is 17.4 Å². The van der Waals surface area contributed by atoms with Crippen LogP contribution in [0.3, 0.4) is 0 Å². The third kappa shape index (κ3) is 5.04. The average molecular weight is 428 g/mol. The molecule has 0 bridgehead atoms. The van der Waals surface area contributed by atoms with Gasteiger partial charge in [0.25, 0.3) is 0 Å². The molecule has 0 amide bonds. The molecule has 0 aliphatic carbocycles. The summed E-state index contributed by atoms with van der Waals surface area (Å²) >= 11 is 0. The zero-order chi connectivity index (χ0) is 22.2. The van der Waals surface area contributed by atoms with Crippen molar-refractivity contribution in [1.82, 2.24) is 4.90 Å². The molecule has 3 atom stereocenters. The van der Waals surface area contributed by atoms with Crippen molar-refractivity contribution < 1.29 is 19.0 Å². The molecule has 5 heteroatoms. The fourth-order valence-corrected chi connectivity index (χ4v) is 5.15. The van der Waals surface area contributed by atoms with E-state index in [1.807, 2.05) is 6.07 Å². The number of aliphatic hydroxyl groups is 1. The molecule has 2 heterocycles. The largest absolute Gasteiger partial charge is 0.493 e. The normalized spacial score (nSPS) is 23.7. The molecule has 1 fully saturated rings. The molecule has 2 aliphatic rings. The number of hydrogen-bond donors (Lipinski definition) is 1. The summed E-state index contributed by atoms with van der Waals surface area (Å²) in [6, 6.07) is 10.8. The molecule has 1 N–H and O–H groups in total. The van der Waals surface area contributed by atoms with Crippen molar-refractivity contribution in [2.24, 2.45) is 11.3 Å². The van der Waals surface area contributed by atoms with E-state index in [4.69, 9.17) is 9.47 Å². The fraction of sp³-hybridized carbons (Fsp3) is 0.538. The van der Waals surface area contributed by atoms with Crippen LogP contribution in [0.4, 0.5) is 4.39 Å². The van der Waals surface area contributed by atoms with Crippen LogP contribution in [0.25, 0.3) is 0 Å². The predicted molar refractivity (Wildman–Crippen MR) is 120 cm³/mol. The van der Waals surface area contributed by atoms with Crippen molar-refractivity contribution in [3.05, 3.63) is 58.9 Å². The molecule has 0 spiro atoms. The Labute approximate surface area is 185 Å². The highest BCUT2D eigenvalue weighted by Gasteiger charge is 2.39. The molecule has 31 heavy (non-hydrogen) atoms. The van der Waals surface area contributed by atoms with E-state index in [2.05, 4.69) is 37.8 Å². The Bertz CT molecular complexity index is 923. The van der Waals surface area contributed by atoms with E-state index in [1.54, 1.807) is 13.2 Å². The lowest BCUT2D eigenvalue weighted by molar-refractivity contribution is -0.0259. The minimum Gasteiger partial charge on any atom is -0.493 e. The molecular weight excluding hydrogens is 393 g/mol. The molecule has 168 valence electrons. The summed E-state index contributed by atoms with van der Waals surface area (Å²) in [5.74, 6) is 1.41. The maximum atomic E-state index is 13.5. The summed E-state index contributed by atoms with van der Waals surface area (Å²) in [6.07, 6.45) is 2.44. The molecule has 0 aromatic heterocycles. The van der Waals surface area contributed by atoms with Crippen LogP contribution in [0.5, 0.6) is 11.5 Å². The van der Waals surface area contributed by atoms with Gasteiger partial charge in [-0.1, -0.05) is 32.9 Å². The molecule has 0 radical (unpaired) electrons. The van der Waals surface area contributed by atoms with Crippen molar-refractivity contribution in [3.8, 4) is 11.5 Å². The molecule has 0 saturated carbocycles. The van der Waals surface area contributed by atoms with Crippen LogP contribution in [0, 0.1) is 17.2 Å². The van der Waals surface area contributed by atoms with Gasteiger partial charge in [0, 0.05) is 19.1 Å². The van der Waals surface area contributed by atoms with Gasteiger partial charge < -0.3 is 14.6 Å². The minimum absolute atomic E-state index is 0.209. The highest BCUT2D eigenvalue weighted by atomic mass is 19.1. The Hall–Kier alpha value is -2.11. The molecule has 3 unspecified atom stereocenters. The van der Waals surface area contributed by atoms with Gasteiger partial charge in [-0.15, -0.1) is 0 Å². The topological polar surface area (TPSA) is 41.9 Å². The first-order valence-corrected chi connectivity index (χ1v) is 11.2. The number of rotatable bonds is 5. The molecular formula is C26H34FNO3. The van der Waals surface area contributed by atoms with Gasteiger partial charge in [-0.2, -0.15) is 0 Å². The number of ether oxygens (including phenoxy) is 2. The Morgan fingerprint density at radius 3 is 2.68 bits per heavy atom. The minimum atomic E-state index is -0.290. The van der Waals surface area contributed by atoms with Crippen molar-refractivity contribution in [2.75, 3.05) is 20.2 Å². The summed E-state index contributed by atoms with van der Waals surface area (Å²) in [7, 11) is 1.65. The highest BCUT2D eigenvalue weighted by Crippen LogP contribution is 2.44. The lowest BCUT2D eigenvalue weighted by Gasteiger charge is -2.47. The van der Waals surface area contributed by atoms with E-state index in [-0.39, 0.29) is 30.0 Å². The molecule has 4 nitrogen and oxygen atoms in total. The number of nitrogens with zero attached hydrogens (tertiary/aromatic N) is 1. The van der Waals surface area contributed by atoms with E-state index in [0.717, 1.165) is 37.9 Å². The summed E-state index contributed by atoms with van der Waals surface area (Å²) in [4.78, 5) is 2.53. The SMILES string of the molecule is COc1cc2c(cc1OCc1cccc(F)c1)CCN1CC(CC(C)(C)C)C(O)CC21. The maximum Gasteiger partial charge on any atom is 0.161 e. The van der Waals surface area contributed by atoms with Gasteiger partial charge >= 0.3 is 0 Å². The predicted octanol–water partition coefficient (Wildman–Crippen LogP) is 5.13. The van der Waals surface area contributed by atoms with E-state index in [9.17, 15) is 9.50 Å². The smallest absolute Gasteiger partial charge is 0.161 e. The summed E-state index contributed by atoms with van der Waals surface area (Å²) in [6.45, 7) is 8.94. The third-order valence-electron chi connectivity index (χ3n) is 6.53. The van der Waals surface area contributed by atoms with E-state index < -0.39 is 0 Å². The van der Waals surface area contributed by atoms with Crippen molar-refractivity contribution in [3.63, 3.8) is 0 Å². The standard InChI is InChI=1S/C26H34FNO3/c1-26(2,3)14-19-15-28-9-8-18-11-25(31-16-17-6-5-7-20(27)10-17)24(30-4)12-21(18)22(28)13-23(19)29/h5-7,10-12,19,22-23,29H,8-9,13-16H2,1-4H3. The van der Waals surface area contributed by atoms with E-state index >= 15 is 0 Å². The molecule has 2 aromatic carbocycles. The van der Waals surface area contributed by atoms with Crippen LogP contribution in [0.1, 0.15) is 56.3 Å². The number of hydrogen-bond acceptors (Lipinski definition) is 4. The zero-order valence-electron chi connectivity index (χ0n) is 19.0. The van der Waals surface area contributed by atoms with Crippen LogP contribution in [-0.2, 0) is 13.0 Å². The number of benzene rings is 2. The van der Waals surface area contributed by atoms with Gasteiger partial charge in [0.2, 0.25) is 0 Å². The second kappa shape index (κ2) is 8.79. The van der Waals surface area contributed by atoms with Gasteiger partial charge in [-0.3, -0.25) is 4.90 Å². The Kier molecular flexibility index (Phi) is 6.27. The Morgan fingerprint density at radius 1 is 1.16 bits per heavy atom. The first kappa shape index (κ1) is 22.1. The lowest BCUT2D eigenvalue weighted by Crippen LogP contribution is -2.48. The second-order valence-corrected chi connectivity index (χ2v) is 10.2. The highest BCUT2D eigenvalue weighted by molar-refractivity contribution is 5.50. The van der Waals surface area contributed by atoms with Gasteiger partial charge in [0.1, 0.15) is 12.4 Å². The van der Waals surface area contributed by atoms with Gasteiger partial charge in [0.05, 0.1) is 13.2 Å². The quantitative estimate of drug-likeness (QED) is 0.718. The monoisotopic (exact) mass is 427 g/mol. The lowest BCUT2D eigenvalue weighted by atomic mass is 9.75. The maximum absolute atomic E-state index is 13.5. The Morgan fingerprint density at radius 2 is 1.97 bits per heavy atom. The molecule has 1 saturated heterocycles. The van der Waals surface area contributed by atoms with Crippen LogP contribution in [0.15, 0.2) is 36.4 Å². The third-order valence-corrected chi connectivity index (χ3v) is 6.53. The van der Waals surface area contributed by atoms with Crippen molar-refractivity contribution in [1.29, 1.82) is 0 Å². The Balaban J connectivity index is 1.53. The summed E-state index contributed by atoms with van der Waals surface area (Å²) in [5.41, 5.74) is 3.47. The number of methoxy groups -OCH3 is 1. The zero-order valence-corrected chi connectivity index (χ0v) is 19.0. The van der Waals surface area contributed by atoms with Gasteiger partial charge in [-0.05, 0) is 71.6 Å². The van der Waals surface area contributed by atoms with Gasteiger partial charge in [0.15, 0.2) is 11.5 Å². The number of fused-ring (bicyclic) bond motifs is 3. The fourth-order valence-electron chi connectivity index (χ4n) is 5.15. The first-order chi connectivity index (χ1) is 14.7. The van der Waals surface area contributed by atoms with Crippen molar-refractivity contribution in [2.45, 2.75) is 58.8 Å². The number of halogens is 1. The van der Waals surface area contributed by atoms with Crippen LogP contribution in [0.2, 0.25) is 0 Å². The summed E-state index contributed by atoms with van der Waals surface area (Å²) < 4.78 is 25.1. The number of aliphatic hydroxyl groups excluding tert-OH is 1. The van der Waals surface area contributed by atoms with Crippen molar-refractivity contribution >= 4 is 0 Å².